The Balaban J connectivity index is 0.803. The highest BCUT2D eigenvalue weighted by atomic mass is 127. The normalized spacial score (nSPS) is 15.3. The van der Waals surface area contributed by atoms with Gasteiger partial charge in [0.1, 0.15) is 36.1 Å². The molecule has 1 fully saturated rings. The number of benzene rings is 3. The van der Waals surface area contributed by atoms with Crippen LogP contribution in [0.1, 0.15) is 57.0 Å². The number of nitrogens with one attached hydrogen (secondary N) is 5. The number of aryl methyl sites for hydroxylation is 2. The smallest absolute Gasteiger partial charge is 0.262 e. The van der Waals surface area contributed by atoms with Gasteiger partial charge in [0, 0.05) is 35.7 Å². The molecule has 21 nitrogen and oxygen atoms in total. The Bertz CT molecular complexity index is 3070. The minimum Gasteiger partial charge on any atom is -0.484 e. The molecule has 0 saturated carbocycles. The van der Waals surface area contributed by atoms with E-state index >= 15 is 0 Å². The molecule has 4 unspecified atom stereocenters. The minimum atomic E-state index is -4.20. The summed E-state index contributed by atoms with van der Waals surface area (Å²) in [6.07, 6.45) is -0.843. The van der Waals surface area contributed by atoms with Crippen LogP contribution in [0, 0.1) is 28.6 Å². The molecular formula is C54H68FIN8O13S2. The number of rotatable bonds is 28. The highest BCUT2D eigenvalue weighted by Crippen LogP contribution is 2.32. The molecule has 79 heavy (non-hydrogen) atoms. The highest BCUT2D eigenvalue weighted by molar-refractivity contribution is 14.1. The van der Waals surface area contributed by atoms with E-state index in [0.29, 0.717) is 3.57 Å². The summed E-state index contributed by atoms with van der Waals surface area (Å²) in [5, 5.41) is 21.9. The second kappa shape index (κ2) is 28.9. The van der Waals surface area contributed by atoms with E-state index in [9.17, 15) is 41.9 Å². The van der Waals surface area contributed by atoms with Gasteiger partial charge in [-0.1, -0.05) is 45.0 Å². The molecular weight excluding hydrogens is 1180 g/mol. The predicted molar refractivity (Wildman–Crippen MR) is 304 cm³/mol. The number of β-amino-alcohol motifs (C(OH)–C–C–N with tert-alkyl or cyclic N) is 1. The van der Waals surface area contributed by atoms with Gasteiger partial charge in [-0.3, -0.25) is 33.3 Å². The number of sulfonamides is 1. The van der Waals surface area contributed by atoms with E-state index in [1.807, 2.05) is 60.7 Å². The molecule has 4 amide bonds. The van der Waals surface area contributed by atoms with Crippen molar-refractivity contribution in [1.29, 1.82) is 0 Å². The molecule has 3 heterocycles. The fourth-order valence-corrected chi connectivity index (χ4v) is 10.6. The van der Waals surface area contributed by atoms with Gasteiger partial charge in [-0.2, -0.15) is 0 Å². The van der Waals surface area contributed by atoms with Crippen LogP contribution in [0.3, 0.4) is 0 Å². The standard InChI is InChI=1S/C54H68FIN8O13S2/c1-33-26-44(50(63(7)52(33)69)60-43-17-12-38(56)27-42(43)55)62-79(71,72)41-15-13-40(14-16-41)77-31-46(66)57-18-19-73-20-21-74-22-23-75-24-25-76-30-47(67)61-49(54(4,5)6)53(70)64-29-39(65)28-45(64)51(68)59-34(2)36-8-10-37(11-9-36)48-35(3)58-32-78-48/h8-17,26-27,32,34,39,45,49,60,62,65H,18-25,28-31H2,1-7H3,(H,57,66)(H,59,68)(H,61,67). The second-order valence-corrected chi connectivity index (χ2v) is 23.5. The number of pyridine rings is 1. The lowest BCUT2D eigenvalue weighted by molar-refractivity contribution is -0.144. The quantitative estimate of drug-likeness (QED) is 0.0273. The van der Waals surface area contributed by atoms with Crippen LogP contribution in [0.15, 0.2) is 88.0 Å². The van der Waals surface area contributed by atoms with E-state index in [2.05, 4.69) is 31.0 Å². The van der Waals surface area contributed by atoms with Gasteiger partial charge in [-0.25, -0.2) is 17.8 Å². The number of nitrogens with zero attached hydrogens (tertiary/aromatic N) is 3. The third kappa shape index (κ3) is 18.0. The van der Waals surface area contributed by atoms with Crippen LogP contribution in [0.5, 0.6) is 5.75 Å². The van der Waals surface area contributed by atoms with Crippen molar-refractivity contribution in [3.63, 3.8) is 0 Å². The monoisotopic (exact) mass is 1250 g/mol. The fraction of sp³-hybridized carbons (Fsp3) is 0.444. The van der Waals surface area contributed by atoms with Crippen LogP contribution in [-0.2, 0) is 55.2 Å². The van der Waals surface area contributed by atoms with Crippen LogP contribution >= 0.6 is 33.9 Å². The summed E-state index contributed by atoms with van der Waals surface area (Å²) in [7, 11) is -2.76. The molecule has 1 saturated heterocycles. The molecule has 0 radical (unpaired) electrons. The van der Waals surface area contributed by atoms with Crippen molar-refractivity contribution >= 4 is 84.8 Å². The molecule has 2 aromatic heterocycles. The van der Waals surface area contributed by atoms with Crippen molar-refractivity contribution in [2.75, 3.05) is 82.6 Å². The van der Waals surface area contributed by atoms with E-state index in [1.165, 1.54) is 65.9 Å². The zero-order valence-electron chi connectivity index (χ0n) is 45.1. The molecule has 0 spiro atoms. The van der Waals surface area contributed by atoms with Crippen LogP contribution in [0.4, 0.5) is 21.6 Å². The van der Waals surface area contributed by atoms with Gasteiger partial charge in [-0.05, 0) is 108 Å². The summed E-state index contributed by atoms with van der Waals surface area (Å²) in [5.74, 6) is -2.14. The largest absolute Gasteiger partial charge is 0.484 e. The Hall–Kier alpha value is -6.07. The number of aliphatic hydroxyl groups is 1. The number of amides is 4. The number of thiazole rings is 1. The zero-order valence-corrected chi connectivity index (χ0v) is 48.9. The number of halogens is 2. The first-order valence-electron chi connectivity index (χ1n) is 25.4. The molecule has 1 aliphatic rings. The van der Waals surface area contributed by atoms with Crippen LogP contribution < -0.4 is 36.3 Å². The molecule has 6 rings (SSSR count). The summed E-state index contributed by atoms with van der Waals surface area (Å²) >= 11 is 3.52. The first kappa shape index (κ1) is 62.1. The van der Waals surface area contributed by atoms with Gasteiger partial charge in [-0.15, -0.1) is 11.3 Å². The van der Waals surface area contributed by atoms with E-state index in [4.69, 9.17) is 23.7 Å². The number of aliphatic hydroxyl groups excluding tert-OH is 1. The third-order valence-corrected chi connectivity index (χ3v) is 15.5. The van der Waals surface area contributed by atoms with Gasteiger partial charge >= 0.3 is 0 Å². The maximum atomic E-state index is 14.7. The zero-order chi connectivity index (χ0) is 57.4. The maximum Gasteiger partial charge on any atom is 0.262 e. The number of aromatic nitrogens is 2. The highest BCUT2D eigenvalue weighted by Gasteiger charge is 2.44. The lowest BCUT2D eigenvalue weighted by Crippen LogP contribution is -2.58. The fourth-order valence-electron chi connectivity index (χ4n) is 8.26. The minimum absolute atomic E-state index is 0.0236. The number of ether oxygens (including phenoxy) is 5. The van der Waals surface area contributed by atoms with Gasteiger partial charge in [0.2, 0.25) is 17.7 Å². The van der Waals surface area contributed by atoms with E-state index in [-0.39, 0.29) is 118 Å². The number of hydrogen-bond donors (Lipinski definition) is 6. The number of hydrogen-bond acceptors (Lipinski definition) is 16. The Labute approximate surface area is 476 Å². The molecule has 25 heteroatoms. The van der Waals surface area contributed by atoms with Crippen LogP contribution in [-0.4, -0.2) is 142 Å². The van der Waals surface area contributed by atoms with Crippen molar-refractivity contribution in [2.24, 2.45) is 12.5 Å². The summed E-state index contributed by atoms with van der Waals surface area (Å²) in [4.78, 5) is 72.3. The molecule has 4 atom stereocenters. The number of likely N-dealkylation sites (tertiary alicyclic amines) is 1. The Kier molecular flexibility index (Phi) is 22.7. The van der Waals surface area contributed by atoms with E-state index < -0.39 is 68.6 Å². The predicted octanol–water partition coefficient (Wildman–Crippen LogP) is 5.35. The van der Waals surface area contributed by atoms with Crippen LogP contribution in [0.2, 0.25) is 0 Å². The lowest BCUT2D eigenvalue weighted by atomic mass is 9.85. The van der Waals surface area contributed by atoms with Crippen molar-refractivity contribution in [1.82, 2.24) is 30.4 Å². The lowest BCUT2D eigenvalue weighted by Gasteiger charge is -2.35. The SMILES string of the molecule is Cc1ncsc1-c1ccc(C(C)NC(=O)C2CC(O)CN2C(=O)C(NC(=O)COCCOCCOCCOCCNC(=O)COc2ccc(S(=O)(=O)Nc3cc(C)c(=O)n(C)c3Nc3ccc(I)cc3F)cc2)C(C)(C)C)cc1. The molecule has 0 bridgehead atoms. The first-order chi connectivity index (χ1) is 37.5. The van der Waals surface area contributed by atoms with Crippen molar-refractivity contribution in [3.8, 4) is 16.2 Å². The molecule has 428 valence electrons. The molecule has 0 aliphatic carbocycles. The average molecular weight is 1250 g/mol. The Morgan fingerprint density at radius 1 is 0.861 bits per heavy atom. The maximum absolute atomic E-state index is 14.7. The Morgan fingerprint density at radius 3 is 2.13 bits per heavy atom. The summed E-state index contributed by atoms with van der Waals surface area (Å²) in [6.45, 7) is 11.8. The third-order valence-electron chi connectivity index (χ3n) is 12.5. The van der Waals surface area contributed by atoms with Gasteiger partial charge < -0.3 is 55.0 Å². The van der Waals surface area contributed by atoms with E-state index in [1.54, 1.807) is 43.7 Å². The number of anilines is 3. The number of carbonyl (C=O) groups excluding carboxylic acids is 4. The summed E-state index contributed by atoms with van der Waals surface area (Å²) in [5.41, 5.74) is 3.84. The topological polar surface area (TPSA) is 267 Å². The van der Waals surface area contributed by atoms with Crippen LogP contribution in [0.25, 0.3) is 10.4 Å². The van der Waals surface area contributed by atoms with Crippen molar-refractivity contribution in [3.05, 3.63) is 115 Å². The van der Waals surface area contributed by atoms with Gasteiger partial charge in [0.25, 0.3) is 21.5 Å². The van der Waals surface area contributed by atoms with Crippen molar-refractivity contribution in [2.45, 2.75) is 77.1 Å². The average Bonchev–Trinajstić information content (AvgIpc) is 4.12. The summed E-state index contributed by atoms with van der Waals surface area (Å²) in [6, 6.07) is 16.7. The molecule has 3 aromatic carbocycles. The second-order valence-electron chi connectivity index (χ2n) is 19.7. The number of carbonyl (C=O) groups is 4. The van der Waals surface area contributed by atoms with Gasteiger partial charge in [0.05, 0.1) is 90.7 Å². The Morgan fingerprint density at radius 2 is 1.51 bits per heavy atom. The molecule has 5 aromatic rings. The van der Waals surface area contributed by atoms with Gasteiger partial charge in [0.15, 0.2) is 6.61 Å². The summed E-state index contributed by atoms with van der Waals surface area (Å²) < 4.78 is 73.4. The first-order valence-corrected chi connectivity index (χ1v) is 28.8. The van der Waals surface area contributed by atoms with Crippen molar-refractivity contribution < 1.29 is 60.8 Å². The molecule has 1 aliphatic heterocycles. The molecule has 6 N–H and O–H groups in total. The van der Waals surface area contributed by atoms with E-state index in [0.717, 1.165) is 21.7 Å².